The molecular weight excluding hydrogens is 358 g/mol. The number of rotatable bonds is 4. The highest BCUT2D eigenvalue weighted by atomic mass is 35.5. The predicted molar refractivity (Wildman–Crippen MR) is 113 cm³/mol. The minimum Gasteiger partial charge on any atom is -0.357 e. The minimum absolute atomic E-state index is 0. The third kappa shape index (κ3) is 4.49. The summed E-state index contributed by atoms with van der Waals surface area (Å²) in [4.78, 5) is 18.9. The van der Waals surface area contributed by atoms with Crippen LogP contribution in [-0.4, -0.2) is 35.4 Å². The number of para-hydroxylation sites is 1. The summed E-state index contributed by atoms with van der Waals surface area (Å²) in [6, 6.07) is 10.8. The van der Waals surface area contributed by atoms with Crippen LogP contribution in [-0.2, 0) is 4.79 Å². The van der Waals surface area contributed by atoms with Crippen LogP contribution in [0.15, 0.2) is 30.3 Å². The lowest BCUT2D eigenvalue weighted by Gasteiger charge is -2.37. The van der Waals surface area contributed by atoms with Gasteiger partial charge in [-0.05, 0) is 74.5 Å². The third-order valence-electron chi connectivity index (χ3n) is 6.42. The van der Waals surface area contributed by atoms with E-state index in [-0.39, 0.29) is 18.4 Å². The number of H-pyrrole nitrogens is 1. The number of fused-ring (bicyclic) bond motifs is 1. The average molecular weight is 390 g/mol. The van der Waals surface area contributed by atoms with E-state index in [1.54, 1.807) is 0 Å². The van der Waals surface area contributed by atoms with Gasteiger partial charge in [-0.1, -0.05) is 25.1 Å². The highest BCUT2D eigenvalue weighted by Crippen LogP contribution is 2.34. The summed E-state index contributed by atoms with van der Waals surface area (Å²) in [5, 5.41) is 4.67. The van der Waals surface area contributed by atoms with Crippen LogP contribution in [0.4, 0.5) is 0 Å². The number of carbonyl (C=O) groups is 1. The Morgan fingerprint density at radius 3 is 2.74 bits per heavy atom. The van der Waals surface area contributed by atoms with Crippen molar-refractivity contribution < 1.29 is 4.79 Å². The summed E-state index contributed by atoms with van der Waals surface area (Å²) in [5.41, 5.74) is 2.37. The first-order chi connectivity index (χ1) is 12.7. The monoisotopic (exact) mass is 389 g/mol. The summed E-state index contributed by atoms with van der Waals surface area (Å²) in [6.45, 7) is 5.38. The van der Waals surface area contributed by atoms with Crippen LogP contribution in [0.1, 0.15) is 57.2 Å². The van der Waals surface area contributed by atoms with Gasteiger partial charge in [0.2, 0.25) is 5.91 Å². The maximum absolute atomic E-state index is 13.1. The van der Waals surface area contributed by atoms with Crippen molar-refractivity contribution in [2.45, 2.75) is 51.5 Å². The van der Waals surface area contributed by atoms with Crippen molar-refractivity contribution in [2.75, 3.05) is 19.6 Å². The maximum Gasteiger partial charge on any atom is 0.223 e. The number of hydrogen-bond donors (Lipinski definition) is 2. The molecule has 3 heterocycles. The molecule has 2 aromatic rings. The van der Waals surface area contributed by atoms with Crippen LogP contribution >= 0.6 is 12.4 Å². The van der Waals surface area contributed by atoms with E-state index in [1.165, 1.54) is 35.9 Å². The number of hydrogen-bond acceptors (Lipinski definition) is 2. The Morgan fingerprint density at radius 1 is 1.19 bits per heavy atom. The second kappa shape index (κ2) is 9.11. The van der Waals surface area contributed by atoms with E-state index in [0.29, 0.717) is 24.2 Å². The Balaban J connectivity index is 0.00000210. The molecule has 2 saturated heterocycles. The molecule has 1 amide bonds. The van der Waals surface area contributed by atoms with Gasteiger partial charge in [0.05, 0.1) is 6.04 Å². The second-order valence-corrected chi connectivity index (χ2v) is 8.18. The average Bonchev–Trinajstić information content (AvgIpc) is 3.12. The number of aromatic amines is 1. The van der Waals surface area contributed by atoms with Gasteiger partial charge in [-0.2, -0.15) is 0 Å². The van der Waals surface area contributed by atoms with Crippen molar-refractivity contribution in [3.8, 4) is 0 Å². The molecule has 1 aromatic carbocycles. The standard InChI is InChI=1S/C22H31N3O.ClH/c1-16(17-9-11-23-12-10-17)14-22(26)25-13-5-4-8-21(25)20-15-18-6-2-3-7-19(18)24-20;/h2-3,6-7,15-17,21,23-24H,4-5,8-14H2,1H3;1H. The van der Waals surface area contributed by atoms with Gasteiger partial charge in [0.15, 0.2) is 0 Å². The fourth-order valence-corrected chi connectivity index (χ4v) is 4.80. The minimum atomic E-state index is 0. The summed E-state index contributed by atoms with van der Waals surface area (Å²) < 4.78 is 0. The van der Waals surface area contributed by atoms with Gasteiger partial charge in [0.25, 0.3) is 0 Å². The van der Waals surface area contributed by atoms with Crippen molar-refractivity contribution in [1.29, 1.82) is 0 Å². The summed E-state index contributed by atoms with van der Waals surface area (Å²) >= 11 is 0. The Kier molecular flexibility index (Phi) is 6.83. The molecule has 0 bridgehead atoms. The number of amides is 1. The lowest BCUT2D eigenvalue weighted by atomic mass is 9.83. The molecule has 0 spiro atoms. The van der Waals surface area contributed by atoms with Crippen LogP contribution in [0, 0.1) is 11.8 Å². The SMILES string of the molecule is CC(CC(=O)N1CCCCC1c1cc2ccccc2[nH]1)C1CCNCC1.Cl. The smallest absolute Gasteiger partial charge is 0.223 e. The molecule has 2 N–H and O–H groups in total. The molecule has 148 valence electrons. The Morgan fingerprint density at radius 2 is 1.96 bits per heavy atom. The molecule has 4 nitrogen and oxygen atoms in total. The van der Waals surface area contributed by atoms with Crippen molar-refractivity contribution in [2.24, 2.45) is 11.8 Å². The number of nitrogens with zero attached hydrogens (tertiary/aromatic N) is 1. The zero-order chi connectivity index (χ0) is 17.9. The van der Waals surface area contributed by atoms with Gasteiger partial charge in [-0.3, -0.25) is 4.79 Å². The van der Waals surface area contributed by atoms with Crippen molar-refractivity contribution in [3.05, 3.63) is 36.0 Å². The molecule has 2 fully saturated rings. The molecule has 27 heavy (non-hydrogen) atoms. The summed E-state index contributed by atoms with van der Waals surface area (Å²) in [6.07, 6.45) is 6.51. The first-order valence-corrected chi connectivity index (χ1v) is 10.3. The fourth-order valence-electron chi connectivity index (χ4n) is 4.80. The highest BCUT2D eigenvalue weighted by molar-refractivity contribution is 5.85. The highest BCUT2D eigenvalue weighted by Gasteiger charge is 2.31. The van der Waals surface area contributed by atoms with Crippen LogP contribution in [0.5, 0.6) is 0 Å². The molecule has 2 aliphatic rings. The van der Waals surface area contributed by atoms with Crippen LogP contribution < -0.4 is 5.32 Å². The van der Waals surface area contributed by atoms with Gasteiger partial charge < -0.3 is 15.2 Å². The van der Waals surface area contributed by atoms with E-state index in [9.17, 15) is 4.79 Å². The Hall–Kier alpha value is -1.52. The fraction of sp³-hybridized carbons (Fsp3) is 0.591. The summed E-state index contributed by atoms with van der Waals surface area (Å²) in [5.74, 6) is 1.52. The molecular formula is C22H32ClN3O. The maximum atomic E-state index is 13.1. The first-order valence-electron chi connectivity index (χ1n) is 10.3. The molecule has 2 aliphatic heterocycles. The van der Waals surface area contributed by atoms with Crippen molar-refractivity contribution in [3.63, 3.8) is 0 Å². The molecule has 2 atom stereocenters. The predicted octanol–water partition coefficient (Wildman–Crippen LogP) is 4.67. The Bertz CT molecular complexity index is 720. The molecule has 2 unspecified atom stereocenters. The first kappa shape index (κ1) is 20.2. The van der Waals surface area contributed by atoms with Crippen molar-refractivity contribution >= 4 is 29.2 Å². The largest absolute Gasteiger partial charge is 0.357 e. The van der Waals surface area contributed by atoms with Gasteiger partial charge in [0.1, 0.15) is 0 Å². The summed E-state index contributed by atoms with van der Waals surface area (Å²) in [7, 11) is 0. The number of benzene rings is 1. The molecule has 4 rings (SSSR count). The third-order valence-corrected chi connectivity index (χ3v) is 6.42. The van der Waals surface area contributed by atoms with Gasteiger partial charge >= 0.3 is 0 Å². The lowest BCUT2D eigenvalue weighted by Crippen LogP contribution is -2.40. The number of aromatic nitrogens is 1. The topological polar surface area (TPSA) is 48.1 Å². The normalized spacial score (nSPS) is 22.4. The van der Waals surface area contributed by atoms with E-state index < -0.39 is 0 Å². The van der Waals surface area contributed by atoms with Crippen molar-refractivity contribution in [1.82, 2.24) is 15.2 Å². The van der Waals surface area contributed by atoms with Gasteiger partial charge in [0, 0.05) is 24.2 Å². The second-order valence-electron chi connectivity index (χ2n) is 8.18. The Labute approximate surface area is 168 Å². The molecule has 0 aliphatic carbocycles. The van der Waals surface area contributed by atoms with Gasteiger partial charge in [-0.25, -0.2) is 0 Å². The molecule has 5 heteroatoms. The van der Waals surface area contributed by atoms with E-state index in [0.717, 1.165) is 32.5 Å². The zero-order valence-electron chi connectivity index (χ0n) is 16.2. The number of carbonyl (C=O) groups excluding carboxylic acids is 1. The van der Waals surface area contributed by atoms with E-state index in [4.69, 9.17) is 0 Å². The van der Waals surface area contributed by atoms with Gasteiger partial charge in [-0.15, -0.1) is 12.4 Å². The van der Waals surface area contributed by atoms with Crippen LogP contribution in [0.3, 0.4) is 0 Å². The van der Waals surface area contributed by atoms with E-state index in [2.05, 4.69) is 52.5 Å². The number of piperidine rings is 2. The number of likely N-dealkylation sites (tertiary alicyclic amines) is 1. The van der Waals surface area contributed by atoms with Crippen LogP contribution in [0.2, 0.25) is 0 Å². The van der Waals surface area contributed by atoms with Crippen LogP contribution in [0.25, 0.3) is 10.9 Å². The van der Waals surface area contributed by atoms with E-state index >= 15 is 0 Å². The molecule has 0 radical (unpaired) electrons. The zero-order valence-corrected chi connectivity index (χ0v) is 17.1. The molecule has 0 saturated carbocycles. The van der Waals surface area contributed by atoms with E-state index in [1.807, 2.05) is 0 Å². The lowest BCUT2D eigenvalue weighted by molar-refractivity contribution is -0.136. The number of halogens is 1. The molecule has 1 aromatic heterocycles. The number of nitrogens with one attached hydrogen (secondary N) is 2. The quantitative estimate of drug-likeness (QED) is 0.798.